The molecule has 8 heteroatoms. The summed E-state index contributed by atoms with van der Waals surface area (Å²) < 4.78 is 17.7. The minimum atomic E-state index is -1.67. The van der Waals surface area contributed by atoms with Gasteiger partial charge in [-0.2, -0.15) is 0 Å². The van der Waals surface area contributed by atoms with Crippen molar-refractivity contribution in [3.05, 3.63) is 0 Å². The molecule has 41 heavy (non-hydrogen) atoms. The number of nitrogens with zero attached hydrogens (tertiary/aromatic N) is 1. The summed E-state index contributed by atoms with van der Waals surface area (Å²) in [5, 5.41) is 0. The fourth-order valence-corrected chi connectivity index (χ4v) is 4.96. The number of rotatable bonds is 23. The normalized spacial score (nSPS) is 14.5. The van der Waals surface area contributed by atoms with E-state index in [1.807, 2.05) is 20.8 Å². The van der Waals surface area contributed by atoms with E-state index in [0.717, 1.165) is 44.9 Å². The first-order valence-corrected chi connectivity index (χ1v) is 16.4. The molecule has 0 aliphatic heterocycles. The van der Waals surface area contributed by atoms with Crippen molar-refractivity contribution in [3.8, 4) is 0 Å². The summed E-state index contributed by atoms with van der Waals surface area (Å²) in [6, 6.07) is 0. The summed E-state index contributed by atoms with van der Waals surface area (Å²) in [7, 11) is 0. The third kappa shape index (κ3) is 15.1. The van der Waals surface area contributed by atoms with Crippen molar-refractivity contribution < 1.29 is 33.4 Å². The molecule has 0 aromatic rings. The van der Waals surface area contributed by atoms with Crippen molar-refractivity contribution >= 4 is 23.8 Å². The second-order valence-corrected chi connectivity index (χ2v) is 11.6. The van der Waals surface area contributed by atoms with Crippen LogP contribution in [0.1, 0.15) is 146 Å². The topological polar surface area (TPSA) is 99.2 Å². The van der Waals surface area contributed by atoms with Gasteiger partial charge in [0.15, 0.2) is 0 Å². The molecule has 0 aromatic heterocycles. The van der Waals surface area contributed by atoms with Crippen molar-refractivity contribution in [1.82, 2.24) is 4.90 Å². The molecule has 0 N–H and O–H groups in total. The van der Waals surface area contributed by atoms with Crippen LogP contribution in [-0.2, 0) is 33.4 Å². The van der Waals surface area contributed by atoms with Crippen LogP contribution in [0.5, 0.6) is 0 Å². The highest BCUT2D eigenvalue weighted by Crippen LogP contribution is 2.26. The van der Waals surface area contributed by atoms with Crippen molar-refractivity contribution in [1.29, 1.82) is 0 Å². The Kier molecular flexibility index (Phi) is 20.4. The number of ether oxygens (including phenoxy) is 3. The maximum Gasteiger partial charge on any atom is 0.312 e. The molecule has 0 aromatic carbocycles. The summed E-state index contributed by atoms with van der Waals surface area (Å²) in [4.78, 5) is 54.0. The number of esters is 3. The van der Waals surface area contributed by atoms with Gasteiger partial charge in [-0.15, -0.1) is 0 Å². The van der Waals surface area contributed by atoms with Gasteiger partial charge in [-0.25, -0.2) is 0 Å². The van der Waals surface area contributed by atoms with E-state index in [1.54, 1.807) is 20.8 Å². The summed E-state index contributed by atoms with van der Waals surface area (Å²) in [6.07, 6.45) is 9.32. The van der Waals surface area contributed by atoms with Crippen LogP contribution < -0.4 is 0 Å². The lowest BCUT2D eigenvalue weighted by molar-refractivity contribution is -0.234. The van der Waals surface area contributed by atoms with Gasteiger partial charge >= 0.3 is 17.9 Å². The van der Waals surface area contributed by atoms with E-state index >= 15 is 0 Å². The van der Waals surface area contributed by atoms with Gasteiger partial charge in [-0.1, -0.05) is 87.0 Å². The molecule has 4 atom stereocenters. The second kappa shape index (κ2) is 21.6. The summed E-state index contributed by atoms with van der Waals surface area (Å²) in [5.74, 6) is -3.82. The van der Waals surface area contributed by atoms with Crippen LogP contribution >= 0.6 is 0 Å². The first-order chi connectivity index (χ1) is 19.4. The Balaban J connectivity index is 6.00. The van der Waals surface area contributed by atoms with E-state index in [-0.39, 0.29) is 49.1 Å². The van der Waals surface area contributed by atoms with Gasteiger partial charge in [0.25, 0.3) is 5.79 Å². The van der Waals surface area contributed by atoms with Gasteiger partial charge in [-0.05, 0) is 45.4 Å². The molecule has 0 rings (SSSR count). The largest absolute Gasteiger partial charge is 0.461 e. The molecule has 1 amide bonds. The van der Waals surface area contributed by atoms with Crippen LogP contribution in [0.4, 0.5) is 0 Å². The quantitative estimate of drug-likeness (QED) is 0.0901. The molecular formula is C33H61NO7. The van der Waals surface area contributed by atoms with E-state index in [4.69, 9.17) is 14.2 Å². The van der Waals surface area contributed by atoms with E-state index in [0.29, 0.717) is 32.1 Å². The highest BCUT2D eigenvalue weighted by atomic mass is 16.7. The fourth-order valence-electron chi connectivity index (χ4n) is 4.96. The number of carbonyl (C=O) groups is 4. The van der Waals surface area contributed by atoms with Crippen molar-refractivity contribution in [2.45, 2.75) is 158 Å². The van der Waals surface area contributed by atoms with E-state index < -0.39 is 23.8 Å². The minimum Gasteiger partial charge on any atom is -0.461 e. The van der Waals surface area contributed by atoms with Crippen LogP contribution in [0.15, 0.2) is 0 Å². The maximum absolute atomic E-state index is 13.3. The molecule has 0 fully saturated rings. The Morgan fingerprint density at radius 2 is 1.05 bits per heavy atom. The predicted octanol–water partition coefficient (Wildman–Crippen LogP) is 7.61. The number of hydrogen-bond acceptors (Lipinski definition) is 7. The smallest absolute Gasteiger partial charge is 0.312 e. The minimum absolute atomic E-state index is 0.105. The number of amides is 1. The van der Waals surface area contributed by atoms with Crippen molar-refractivity contribution in [2.75, 3.05) is 13.1 Å². The van der Waals surface area contributed by atoms with Gasteiger partial charge in [0.05, 0.1) is 30.8 Å². The summed E-state index contributed by atoms with van der Waals surface area (Å²) >= 11 is 0. The molecule has 240 valence electrons. The molecular weight excluding hydrogens is 522 g/mol. The standard InChI is InChI=1S/C33H61NO7/c1-10-17-20-26(13-4)30(36)39-25(8)23-34(29(35)16-7)24-33(9,40-31(37)27(14-5)21-18-11-2)41-32(38)28(15-6)22-19-12-3/h25-28H,10-24H2,1-9H3/t25-,26+,27-,28-/m0/s1. The molecule has 0 bridgehead atoms. The van der Waals surface area contributed by atoms with Gasteiger partial charge in [0.2, 0.25) is 5.91 Å². The molecule has 0 unspecified atom stereocenters. The van der Waals surface area contributed by atoms with Crippen LogP contribution in [0.25, 0.3) is 0 Å². The van der Waals surface area contributed by atoms with E-state index in [9.17, 15) is 19.2 Å². The molecule has 0 saturated carbocycles. The van der Waals surface area contributed by atoms with Gasteiger partial charge in [0, 0.05) is 13.3 Å². The SMILES string of the molecule is CCCC[C@@H](CC)C(=O)O[C@@H](C)CN(CC(C)(OC(=O)[C@@H](CC)CCCC)OC(=O)[C@@H](CC)CCCC)C(=O)CC. The Bertz CT molecular complexity index is 739. The third-order valence-electron chi connectivity index (χ3n) is 7.76. The van der Waals surface area contributed by atoms with Crippen molar-refractivity contribution in [2.24, 2.45) is 17.8 Å². The Hall–Kier alpha value is -2.12. The highest BCUT2D eigenvalue weighted by Gasteiger charge is 2.40. The third-order valence-corrected chi connectivity index (χ3v) is 7.76. The molecule has 0 radical (unpaired) electrons. The van der Waals surface area contributed by atoms with Crippen molar-refractivity contribution in [3.63, 3.8) is 0 Å². The zero-order valence-corrected chi connectivity index (χ0v) is 27.7. The highest BCUT2D eigenvalue weighted by molar-refractivity contribution is 5.77. The van der Waals surface area contributed by atoms with Crippen LogP contribution in [-0.4, -0.2) is 53.7 Å². The summed E-state index contributed by atoms with van der Waals surface area (Å²) in [5.41, 5.74) is 0. The van der Waals surface area contributed by atoms with Gasteiger partial charge < -0.3 is 19.1 Å². The zero-order chi connectivity index (χ0) is 31.4. The number of hydrogen-bond donors (Lipinski definition) is 0. The molecule has 8 nitrogen and oxygen atoms in total. The van der Waals surface area contributed by atoms with Gasteiger partial charge in [-0.3, -0.25) is 19.2 Å². The first kappa shape index (κ1) is 38.9. The molecule has 0 spiro atoms. The lowest BCUT2D eigenvalue weighted by Crippen LogP contribution is -2.52. The Morgan fingerprint density at radius 3 is 1.39 bits per heavy atom. The van der Waals surface area contributed by atoms with Crippen LogP contribution in [0.2, 0.25) is 0 Å². The Labute approximate surface area is 250 Å². The number of unbranched alkanes of at least 4 members (excludes halogenated alkanes) is 3. The van der Waals surface area contributed by atoms with E-state index in [2.05, 4.69) is 20.8 Å². The number of carbonyl (C=O) groups excluding carboxylic acids is 4. The summed E-state index contributed by atoms with van der Waals surface area (Å²) in [6.45, 7) is 17.1. The fraction of sp³-hybridized carbons (Fsp3) is 0.879. The maximum atomic E-state index is 13.3. The van der Waals surface area contributed by atoms with Crippen LogP contribution in [0, 0.1) is 17.8 Å². The van der Waals surface area contributed by atoms with Gasteiger partial charge in [0.1, 0.15) is 6.10 Å². The molecule has 0 aliphatic rings. The average molecular weight is 584 g/mol. The zero-order valence-electron chi connectivity index (χ0n) is 27.7. The predicted molar refractivity (Wildman–Crippen MR) is 163 cm³/mol. The average Bonchev–Trinajstić information content (AvgIpc) is 2.93. The molecule has 0 aliphatic carbocycles. The lowest BCUT2D eigenvalue weighted by atomic mass is 9.99. The monoisotopic (exact) mass is 583 g/mol. The molecule has 0 heterocycles. The Morgan fingerprint density at radius 1 is 0.659 bits per heavy atom. The van der Waals surface area contributed by atoms with E-state index in [1.165, 1.54) is 4.90 Å². The van der Waals surface area contributed by atoms with Crippen LogP contribution in [0.3, 0.4) is 0 Å². The second-order valence-electron chi connectivity index (χ2n) is 11.6. The lowest BCUT2D eigenvalue weighted by Gasteiger charge is -2.37. The first-order valence-electron chi connectivity index (χ1n) is 16.4. The molecule has 0 saturated heterocycles.